The van der Waals surface area contributed by atoms with Crippen molar-refractivity contribution >= 4 is 11.5 Å². The van der Waals surface area contributed by atoms with Crippen LogP contribution in [0, 0.1) is 6.92 Å². The highest BCUT2D eigenvalue weighted by Gasteiger charge is 2.42. The molecule has 0 aliphatic carbocycles. The molecule has 1 saturated heterocycles. The predicted molar refractivity (Wildman–Crippen MR) is 84.3 cm³/mol. The van der Waals surface area contributed by atoms with E-state index < -0.39 is 0 Å². The zero-order valence-electron chi connectivity index (χ0n) is 12.3. The standard InChI is InChI=1S/C17H20N2OS/c1-13-10-15(21-18-13)11-19-8-6-17(7-9-19)16-5-3-2-4-14(16)12-20-17/h2-5,10H,6-9,11-12H2,1H3. The third-order valence-corrected chi connectivity index (χ3v) is 5.59. The smallest absolute Gasteiger partial charge is 0.0963 e. The Morgan fingerprint density at radius 1 is 1.29 bits per heavy atom. The average Bonchev–Trinajstić information content (AvgIpc) is 3.07. The van der Waals surface area contributed by atoms with Crippen molar-refractivity contribution in [3.8, 4) is 0 Å². The Balaban J connectivity index is 1.45. The van der Waals surface area contributed by atoms with Gasteiger partial charge in [0.2, 0.25) is 0 Å². The van der Waals surface area contributed by atoms with E-state index in [9.17, 15) is 0 Å². The van der Waals surface area contributed by atoms with Crippen LogP contribution in [0.1, 0.15) is 34.5 Å². The van der Waals surface area contributed by atoms with E-state index in [4.69, 9.17) is 4.74 Å². The van der Waals surface area contributed by atoms with Crippen LogP contribution in [-0.4, -0.2) is 22.4 Å². The van der Waals surface area contributed by atoms with Crippen molar-refractivity contribution in [3.05, 3.63) is 52.0 Å². The lowest BCUT2D eigenvalue weighted by Gasteiger charge is -2.39. The highest BCUT2D eigenvalue weighted by molar-refractivity contribution is 7.05. The second kappa shape index (κ2) is 5.20. The van der Waals surface area contributed by atoms with E-state index in [0.29, 0.717) is 0 Å². The van der Waals surface area contributed by atoms with Gasteiger partial charge in [0.1, 0.15) is 0 Å². The summed E-state index contributed by atoms with van der Waals surface area (Å²) in [6, 6.07) is 10.9. The molecule has 0 bridgehead atoms. The minimum Gasteiger partial charge on any atom is -0.365 e. The van der Waals surface area contributed by atoms with Gasteiger partial charge in [0, 0.05) is 24.5 Å². The van der Waals surface area contributed by atoms with Crippen molar-refractivity contribution in [2.45, 2.75) is 38.5 Å². The van der Waals surface area contributed by atoms with Crippen molar-refractivity contribution in [2.75, 3.05) is 13.1 Å². The molecule has 4 heteroatoms. The number of aromatic nitrogens is 1. The molecule has 2 aliphatic rings. The van der Waals surface area contributed by atoms with Gasteiger partial charge in [0.05, 0.1) is 17.9 Å². The molecule has 2 aliphatic heterocycles. The number of ether oxygens (including phenoxy) is 1. The summed E-state index contributed by atoms with van der Waals surface area (Å²) < 4.78 is 10.6. The summed E-state index contributed by atoms with van der Waals surface area (Å²) in [5, 5.41) is 0. The van der Waals surface area contributed by atoms with E-state index in [1.165, 1.54) is 16.0 Å². The van der Waals surface area contributed by atoms with E-state index in [1.807, 2.05) is 0 Å². The summed E-state index contributed by atoms with van der Waals surface area (Å²) in [6.07, 6.45) is 2.20. The minimum absolute atomic E-state index is 0.0172. The fourth-order valence-corrected chi connectivity index (χ4v) is 4.36. The number of benzene rings is 1. The number of piperidine rings is 1. The molecule has 1 aromatic carbocycles. The average molecular weight is 300 g/mol. The first kappa shape index (κ1) is 13.4. The molecule has 21 heavy (non-hydrogen) atoms. The zero-order chi connectivity index (χ0) is 14.3. The van der Waals surface area contributed by atoms with Gasteiger partial charge >= 0.3 is 0 Å². The van der Waals surface area contributed by atoms with Gasteiger partial charge in [-0.25, -0.2) is 0 Å². The third kappa shape index (κ3) is 2.41. The fourth-order valence-electron chi connectivity index (χ4n) is 3.58. The Labute approximate surface area is 129 Å². The number of hydrogen-bond donors (Lipinski definition) is 0. The van der Waals surface area contributed by atoms with Crippen LogP contribution in [0.3, 0.4) is 0 Å². The monoisotopic (exact) mass is 300 g/mol. The molecule has 1 aromatic heterocycles. The maximum Gasteiger partial charge on any atom is 0.0963 e. The molecule has 0 radical (unpaired) electrons. The van der Waals surface area contributed by atoms with Crippen LogP contribution in [0.5, 0.6) is 0 Å². The summed E-state index contributed by atoms with van der Waals surface area (Å²) in [6.45, 7) is 6.08. The molecular formula is C17H20N2OS. The largest absolute Gasteiger partial charge is 0.365 e. The number of hydrogen-bond acceptors (Lipinski definition) is 4. The molecule has 0 unspecified atom stereocenters. The van der Waals surface area contributed by atoms with Crippen LogP contribution in [0.25, 0.3) is 0 Å². The van der Waals surface area contributed by atoms with E-state index in [1.54, 1.807) is 11.5 Å². The van der Waals surface area contributed by atoms with E-state index in [2.05, 4.69) is 46.5 Å². The summed E-state index contributed by atoms with van der Waals surface area (Å²) in [5.74, 6) is 0. The Kier molecular flexibility index (Phi) is 3.32. The molecule has 0 N–H and O–H groups in total. The van der Waals surface area contributed by atoms with Gasteiger partial charge in [0.15, 0.2) is 0 Å². The molecule has 1 fully saturated rings. The molecule has 0 saturated carbocycles. The van der Waals surface area contributed by atoms with Gasteiger partial charge in [-0.1, -0.05) is 24.3 Å². The molecule has 4 rings (SSSR count). The predicted octanol–water partition coefficient (Wildman–Crippen LogP) is 3.47. The maximum atomic E-state index is 6.22. The van der Waals surface area contributed by atoms with Gasteiger partial charge in [0.25, 0.3) is 0 Å². The lowest BCUT2D eigenvalue weighted by Crippen LogP contribution is -2.41. The summed E-state index contributed by atoms with van der Waals surface area (Å²) in [4.78, 5) is 3.90. The van der Waals surface area contributed by atoms with Crippen LogP contribution >= 0.6 is 11.5 Å². The molecular weight excluding hydrogens is 280 g/mol. The van der Waals surface area contributed by atoms with Crippen LogP contribution in [0.4, 0.5) is 0 Å². The Morgan fingerprint density at radius 3 is 2.86 bits per heavy atom. The second-order valence-electron chi connectivity index (χ2n) is 6.15. The highest BCUT2D eigenvalue weighted by atomic mass is 32.1. The summed E-state index contributed by atoms with van der Waals surface area (Å²) in [7, 11) is 0. The Bertz CT molecular complexity index is 644. The van der Waals surface area contributed by atoms with Crippen molar-refractivity contribution < 1.29 is 4.74 Å². The first-order valence-electron chi connectivity index (χ1n) is 7.62. The van der Waals surface area contributed by atoms with Gasteiger partial charge < -0.3 is 4.74 Å². The normalized spacial score (nSPS) is 20.8. The Morgan fingerprint density at radius 2 is 2.10 bits per heavy atom. The molecule has 110 valence electrons. The van der Waals surface area contributed by atoms with Gasteiger partial charge in [-0.15, -0.1) is 0 Å². The van der Waals surface area contributed by atoms with Crippen molar-refractivity contribution in [3.63, 3.8) is 0 Å². The number of likely N-dealkylation sites (tertiary alicyclic amines) is 1. The first-order valence-corrected chi connectivity index (χ1v) is 8.39. The summed E-state index contributed by atoms with van der Waals surface area (Å²) in [5.41, 5.74) is 3.93. The molecule has 0 atom stereocenters. The topological polar surface area (TPSA) is 25.4 Å². The molecule has 2 aromatic rings. The molecule has 3 heterocycles. The third-order valence-electron chi connectivity index (χ3n) is 4.73. The van der Waals surface area contributed by atoms with Crippen LogP contribution in [-0.2, 0) is 23.5 Å². The van der Waals surface area contributed by atoms with E-state index >= 15 is 0 Å². The zero-order valence-corrected chi connectivity index (χ0v) is 13.2. The van der Waals surface area contributed by atoms with Gasteiger partial charge in [-0.05, 0) is 48.5 Å². The maximum absolute atomic E-state index is 6.22. The number of nitrogens with zero attached hydrogens (tertiary/aromatic N) is 2. The van der Waals surface area contributed by atoms with Crippen molar-refractivity contribution in [1.82, 2.24) is 9.27 Å². The van der Waals surface area contributed by atoms with Crippen LogP contribution in [0.15, 0.2) is 30.3 Å². The number of fused-ring (bicyclic) bond motifs is 2. The minimum atomic E-state index is -0.0172. The number of aryl methyl sites for hydroxylation is 1. The Hall–Kier alpha value is -1.23. The lowest BCUT2D eigenvalue weighted by atomic mass is 9.84. The van der Waals surface area contributed by atoms with Gasteiger partial charge in [-0.2, -0.15) is 4.37 Å². The highest BCUT2D eigenvalue weighted by Crippen LogP contribution is 2.44. The first-order chi connectivity index (χ1) is 10.3. The number of rotatable bonds is 2. The van der Waals surface area contributed by atoms with Gasteiger partial charge in [-0.3, -0.25) is 4.90 Å². The van der Waals surface area contributed by atoms with Crippen LogP contribution < -0.4 is 0 Å². The SMILES string of the molecule is Cc1cc(CN2CCC3(CC2)OCc2ccccc23)sn1. The second-order valence-corrected chi connectivity index (χ2v) is 7.04. The van der Waals surface area contributed by atoms with Crippen molar-refractivity contribution in [2.24, 2.45) is 0 Å². The fraction of sp³-hybridized carbons (Fsp3) is 0.471. The van der Waals surface area contributed by atoms with Crippen molar-refractivity contribution in [1.29, 1.82) is 0 Å². The molecule has 0 amide bonds. The van der Waals surface area contributed by atoms with E-state index in [0.717, 1.165) is 44.8 Å². The molecule has 1 spiro atoms. The quantitative estimate of drug-likeness (QED) is 0.849. The van der Waals surface area contributed by atoms with E-state index in [-0.39, 0.29) is 5.60 Å². The molecule has 3 nitrogen and oxygen atoms in total. The van der Waals surface area contributed by atoms with Crippen LogP contribution in [0.2, 0.25) is 0 Å². The summed E-state index contributed by atoms with van der Waals surface area (Å²) >= 11 is 1.63. The lowest BCUT2D eigenvalue weighted by molar-refractivity contribution is -0.0798.